The number of carbonyl (C=O) groups is 1. The Kier molecular flexibility index (Phi) is 3.72. The van der Waals surface area contributed by atoms with Gasteiger partial charge in [0, 0.05) is 7.05 Å². The smallest absolute Gasteiger partial charge is 0.248 e. The number of likely N-dealkylation sites (N-methyl/N-ethyl adjacent to an activating group) is 1. The van der Waals surface area contributed by atoms with E-state index in [4.69, 9.17) is 14.2 Å². The van der Waals surface area contributed by atoms with Gasteiger partial charge < -0.3 is 19.1 Å². The van der Waals surface area contributed by atoms with Crippen molar-refractivity contribution in [3.8, 4) is 11.5 Å². The van der Waals surface area contributed by atoms with Crippen LogP contribution < -0.4 is 9.47 Å². The largest absolute Gasteiger partial charge is 0.493 e. The number of carbonyl (C=O) groups excluding carboxylic acids is 1. The molecule has 1 fully saturated rings. The van der Waals surface area contributed by atoms with Crippen LogP contribution in [0, 0.1) is 0 Å². The third-order valence-corrected chi connectivity index (χ3v) is 3.05. The molecule has 1 aromatic rings. The van der Waals surface area contributed by atoms with Crippen LogP contribution in [0.5, 0.6) is 11.5 Å². The molecule has 2 rings (SSSR count). The maximum absolute atomic E-state index is 11.4. The molecule has 1 heterocycles. The van der Waals surface area contributed by atoms with E-state index in [1.54, 1.807) is 26.2 Å². The van der Waals surface area contributed by atoms with Crippen molar-refractivity contribution in [3.63, 3.8) is 0 Å². The van der Waals surface area contributed by atoms with E-state index in [1.165, 1.54) is 0 Å². The molecule has 1 amide bonds. The fourth-order valence-corrected chi connectivity index (χ4v) is 1.94. The van der Waals surface area contributed by atoms with Gasteiger partial charge in [-0.25, -0.2) is 0 Å². The first-order valence-electron chi connectivity index (χ1n) is 5.73. The second kappa shape index (κ2) is 5.27. The zero-order valence-electron chi connectivity index (χ0n) is 10.8. The molecular formula is C13H17NO4. The highest BCUT2D eigenvalue weighted by Crippen LogP contribution is 2.32. The Bertz CT molecular complexity index is 447. The number of hydrogen-bond donors (Lipinski definition) is 0. The first-order valence-corrected chi connectivity index (χ1v) is 5.73. The van der Waals surface area contributed by atoms with Crippen molar-refractivity contribution in [1.82, 2.24) is 4.90 Å². The number of hydrogen-bond acceptors (Lipinski definition) is 4. The lowest BCUT2D eigenvalue weighted by molar-refractivity contribution is -0.147. The number of benzene rings is 1. The van der Waals surface area contributed by atoms with Gasteiger partial charge in [0.2, 0.25) is 5.91 Å². The minimum atomic E-state index is -0.118. The molecule has 1 aliphatic heterocycles. The summed E-state index contributed by atoms with van der Waals surface area (Å²) in [6.07, 6.45) is -0.118. The van der Waals surface area contributed by atoms with Gasteiger partial charge in [0.1, 0.15) is 12.7 Å². The summed E-state index contributed by atoms with van der Waals surface area (Å²) in [6, 6.07) is 5.65. The van der Waals surface area contributed by atoms with Gasteiger partial charge in [-0.1, -0.05) is 6.07 Å². The number of ether oxygens (including phenoxy) is 3. The van der Waals surface area contributed by atoms with Gasteiger partial charge in [0.05, 0.1) is 20.8 Å². The van der Waals surface area contributed by atoms with Gasteiger partial charge in [0.15, 0.2) is 11.5 Å². The molecule has 5 nitrogen and oxygen atoms in total. The van der Waals surface area contributed by atoms with E-state index >= 15 is 0 Å². The molecule has 1 aromatic carbocycles. The maximum atomic E-state index is 11.4. The third kappa shape index (κ3) is 2.41. The molecule has 0 bridgehead atoms. The van der Waals surface area contributed by atoms with Gasteiger partial charge in [-0.05, 0) is 17.7 Å². The molecule has 1 aliphatic rings. The summed E-state index contributed by atoms with van der Waals surface area (Å²) in [5.74, 6) is 1.35. The minimum absolute atomic E-state index is 0.00623. The van der Waals surface area contributed by atoms with Gasteiger partial charge >= 0.3 is 0 Å². The Morgan fingerprint density at radius 2 is 2.00 bits per heavy atom. The van der Waals surface area contributed by atoms with Crippen molar-refractivity contribution in [2.75, 3.05) is 34.4 Å². The van der Waals surface area contributed by atoms with Gasteiger partial charge in [0.25, 0.3) is 0 Å². The molecule has 1 atom stereocenters. The van der Waals surface area contributed by atoms with Crippen molar-refractivity contribution in [1.29, 1.82) is 0 Å². The van der Waals surface area contributed by atoms with Crippen molar-refractivity contribution >= 4 is 5.91 Å². The van der Waals surface area contributed by atoms with Gasteiger partial charge in [-0.3, -0.25) is 4.79 Å². The molecule has 0 N–H and O–H groups in total. The van der Waals surface area contributed by atoms with Crippen LogP contribution >= 0.6 is 0 Å². The van der Waals surface area contributed by atoms with Crippen molar-refractivity contribution in [2.24, 2.45) is 0 Å². The molecule has 1 unspecified atom stereocenters. The van der Waals surface area contributed by atoms with Crippen LogP contribution in [0.1, 0.15) is 11.7 Å². The Morgan fingerprint density at radius 1 is 1.28 bits per heavy atom. The summed E-state index contributed by atoms with van der Waals surface area (Å²) in [5, 5.41) is 0. The fraction of sp³-hybridized carbons (Fsp3) is 0.462. The van der Waals surface area contributed by atoms with Crippen LogP contribution in [0.15, 0.2) is 18.2 Å². The van der Waals surface area contributed by atoms with Crippen LogP contribution in [0.3, 0.4) is 0 Å². The van der Waals surface area contributed by atoms with Gasteiger partial charge in [-0.2, -0.15) is 0 Å². The monoisotopic (exact) mass is 251 g/mol. The molecule has 18 heavy (non-hydrogen) atoms. The number of rotatable bonds is 3. The molecule has 0 aliphatic carbocycles. The highest BCUT2D eigenvalue weighted by Gasteiger charge is 2.25. The summed E-state index contributed by atoms with van der Waals surface area (Å²) in [5.41, 5.74) is 0.979. The first kappa shape index (κ1) is 12.7. The van der Waals surface area contributed by atoms with E-state index < -0.39 is 0 Å². The maximum Gasteiger partial charge on any atom is 0.248 e. The van der Waals surface area contributed by atoms with Crippen molar-refractivity contribution in [3.05, 3.63) is 23.8 Å². The molecule has 0 aromatic heterocycles. The highest BCUT2D eigenvalue weighted by molar-refractivity contribution is 5.77. The second-order valence-corrected chi connectivity index (χ2v) is 4.19. The van der Waals surface area contributed by atoms with E-state index in [2.05, 4.69) is 0 Å². The molecule has 0 spiro atoms. The molecule has 0 radical (unpaired) electrons. The lowest BCUT2D eigenvalue weighted by Gasteiger charge is -2.30. The number of morpholine rings is 1. The lowest BCUT2D eigenvalue weighted by atomic mass is 10.1. The molecule has 98 valence electrons. The molecule has 5 heteroatoms. The van der Waals surface area contributed by atoms with E-state index in [-0.39, 0.29) is 18.6 Å². The number of methoxy groups -OCH3 is 2. The summed E-state index contributed by atoms with van der Waals surface area (Å²) >= 11 is 0. The fourth-order valence-electron chi connectivity index (χ4n) is 1.94. The van der Waals surface area contributed by atoms with E-state index in [9.17, 15) is 4.79 Å². The van der Waals surface area contributed by atoms with Crippen molar-refractivity contribution < 1.29 is 19.0 Å². The Balaban J connectivity index is 2.21. The normalized spacial score (nSPS) is 19.8. The Hall–Kier alpha value is -1.75. The van der Waals surface area contributed by atoms with E-state index in [0.717, 1.165) is 5.56 Å². The summed E-state index contributed by atoms with van der Waals surface area (Å²) < 4.78 is 16.0. The van der Waals surface area contributed by atoms with E-state index in [1.807, 2.05) is 18.2 Å². The number of nitrogens with zero attached hydrogens (tertiary/aromatic N) is 1. The van der Waals surface area contributed by atoms with Crippen molar-refractivity contribution in [2.45, 2.75) is 6.10 Å². The lowest BCUT2D eigenvalue weighted by Crippen LogP contribution is -2.40. The summed E-state index contributed by atoms with van der Waals surface area (Å²) in [4.78, 5) is 13.0. The topological polar surface area (TPSA) is 48.0 Å². The predicted octanol–water partition coefficient (Wildman–Crippen LogP) is 1.23. The summed E-state index contributed by atoms with van der Waals surface area (Å²) in [7, 11) is 4.97. The average Bonchev–Trinajstić information content (AvgIpc) is 2.41. The molecular weight excluding hydrogens is 234 g/mol. The van der Waals surface area contributed by atoms with E-state index in [0.29, 0.717) is 18.0 Å². The average molecular weight is 251 g/mol. The first-order chi connectivity index (χ1) is 8.65. The Morgan fingerprint density at radius 3 is 2.61 bits per heavy atom. The zero-order valence-corrected chi connectivity index (χ0v) is 10.8. The standard InChI is InChI=1S/C13H17NO4/c1-14-7-12(18-8-13(14)15)9-4-5-10(16-2)11(6-9)17-3/h4-6,12H,7-8H2,1-3H3. The SMILES string of the molecule is COc1ccc(C2CN(C)C(=O)CO2)cc1OC. The number of amides is 1. The van der Waals surface area contributed by atoms with Crippen LogP contribution in [-0.4, -0.2) is 45.2 Å². The van der Waals surface area contributed by atoms with Crippen LogP contribution in [-0.2, 0) is 9.53 Å². The third-order valence-electron chi connectivity index (χ3n) is 3.05. The van der Waals surface area contributed by atoms with Crippen LogP contribution in [0.2, 0.25) is 0 Å². The van der Waals surface area contributed by atoms with Crippen LogP contribution in [0.4, 0.5) is 0 Å². The summed E-state index contributed by atoms with van der Waals surface area (Å²) in [6.45, 7) is 0.670. The van der Waals surface area contributed by atoms with Gasteiger partial charge in [-0.15, -0.1) is 0 Å². The molecule has 0 saturated carbocycles. The van der Waals surface area contributed by atoms with Crippen LogP contribution in [0.25, 0.3) is 0 Å². The predicted molar refractivity (Wildman–Crippen MR) is 65.9 cm³/mol. The highest BCUT2D eigenvalue weighted by atomic mass is 16.5. The quantitative estimate of drug-likeness (QED) is 0.810. The second-order valence-electron chi connectivity index (χ2n) is 4.19. The minimum Gasteiger partial charge on any atom is -0.493 e. The Labute approximate surface area is 106 Å². The zero-order chi connectivity index (χ0) is 13.1. The molecule has 1 saturated heterocycles.